The van der Waals surface area contributed by atoms with Crippen molar-refractivity contribution in [2.45, 2.75) is 53.4 Å². The Morgan fingerprint density at radius 1 is 1.38 bits per heavy atom. The van der Waals surface area contributed by atoms with Gasteiger partial charge in [-0.05, 0) is 44.7 Å². The second-order valence-electron chi connectivity index (χ2n) is 4.35. The summed E-state index contributed by atoms with van der Waals surface area (Å²) in [4.78, 5) is 0. The lowest BCUT2D eigenvalue weighted by molar-refractivity contribution is 0.357. The minimum atomic E-state index is 0.497. The third kappa shape index (κ3) is 2.98. The molecule has 0 fully saturated rings. The van der Waals surface area contributed by atoms with E-state index >= 15 is 0 Å². The second kappa shape index (κ2) is 5.21. The lowest BCUT2D eigenvalue weighted by Gasteiger charge is -2.34. The Hall–Kier alpha value is -0.590. The number of rotatable bonds is 1. The van der Waals surface area contributed by atoms with E-state index in [1.165, 1.54) is 25.7 Å². The summed E-state index contributed by atoms with van der Waals surface area (Å²) in [6, 6.07) is 0. The Balaban J connectivity index is 0.000000671. The van der Waals surface area contributed by atoms with E-state index in [1.807, 2.05) is 0 Å². The normalized spacial score (nSPS) is 20.6. The monoisotopic (exact) mass is 181 g/mol. The number of hydrogen-bond acceptors (Lipinski definition) is 1. The van der Waals surface area contributed by atoms with E-state index in [0.29, 0.717) is 5.41 Å². The van der Waals surface area contributed by atoms with Crippen LogP contribution in [0.5, 0.6) is 0 Å². The van der Waals surface area contributed by atoms with Crippen LogP contribution in [0.3, 0.4) is 0 Å². The number of hydrogen-bond donors (Lipinski definition) is 1. The summed E-state index contributed by atoms with van der Waals surface area (Å²) < 4.78 is 0. The molecule has 0 aromatic heterocycles. The van der Waals surface area contributed by atoms with Gasteiger partial charge in [0.1, 0.15) is 0 Å². The minimum absolute atomic E-state index is 0.497. The fraction of sp³-hybridized carbons (Fsp3) is 0.750. The zero-order chi connectivity index (χ0) is 10.5. The third-order valence-corrected chi connectivity index (χ3v) is 3.04. The van der Waals surface area contributed by atoms with Crippen LogP contribution in [-0.2, 0) is 0 Å². The summed E-state index contributed by atoms with van der Waals surface area (Å²) in [5.41, 5.74) is 3.87. The Kier molecular flexibility index (Phi) is 4.97. The molecule has 0 unspecified atom stereocenters. The molecule has 0 saturated heterocycles. The van der Waals surface area contributed by atoms with E-state index in [0.717, 1.165) is 0 Å². The van der Waals surface area contributed by atoms with Gasteiger partial charge >= 0.3 is 0 Å². The third-order valence-electron chi connectivity index (χ3n) is 3.04. The maximum absolute atomic E-state index is 5.50. The van der Waals surface area contributed by atoms with Crippen molar-refractivity contribution in [2.24, 2.45) is 5.41 Å². The summed E-state index contributed by atoms with van der Waals surface area (Å²) in [7, 11) is 0. The maximum Gasteiger partial charge on any atom is -0.0142 e. The fourth-order valence-corrected chi connectivity index (χ4v) is 2.46. The average molecular weight is 181 g/mol. The van der Waals surface area contributed by atoms with Crippen LogP contribution in [-0.4, -0.2) is 6.72 Å². The quantitative estimate of drug-likeness (QED) is 0.463. The van der Waals surface area contributed by atoms with E-state index in [-0.39, 0.29) is 0 Å². The fourth-order valence-electron chi connectivity index (χ4n) is 2.46. The van der Waals surface area contributed by atoms with Gasteiger partial charge in [-0.2, -0.15) is 0 Å². The molecule has 13 heavy (non-hydrogen) atoms. The molecule has 0 bridgehead atoms. The zero-order valence-corrected chi connectivity index (χ0v) is 9.54. The van der Waals surface area contributed by atoms with Gasteiger partial charge in [0.25, 0.3) is 0 Å². The average Bonchev–Trinajstić information content (AvgIpc) is 2.07. The van der Waals surface area contributed by atoms with E-state index in [4.69, 9.17) is 5.41 Å². The first-order valence-electron chi connectivity index (χ1n) is 5.12. The van der Waals surface area contributed by atoms with Crippen LogP contribution in [0.4, 0.5) is 0 Å². The van der Waals surface area contributed by atoms with Crippen molar-refractivity contribution >= 4 is 6.72 Å². The van der Waals surface area contributed by atoms with Crippen molar-refractivity contribution in [3.8, 4) is 0 Å². The smallest absolute Gasteiger partial charge is 0.0142 e. The van der Waals surface area contributed by atoms with Crippen LogP contribution in [0.2, 0.25) is 0 Å². The van der Waals surface area contributed by atoms with E-state index in [1.54, 1.807) is 11.1 Å². The molecule has 1 aliphatic rings. The Labute approximate surface area is 82.7 Å². The van der Waals surface area contributed by atoms with Gasteiger partial charge in [0.2, 0.25) is 0 Å². The lowest BCUT2D eigenvalue weighted by Crippen LogP contribution is -2.19. The van der Waals surface area contributed by atoms with Crippen LogP contribution in [0, 0.1) is 10.8 Å². The highest BCUT2D eigenvalue weighted by Gasteiger charge is 2.26. The molecule has 76 valence electrons. The highest BCUT2D eigenvalue weighted by atomic mass is 14.3. The van der Waals surface area contributed by atoms with Crippen LogP contribution >= 0.6 is 0 Å². The van der Waals surface area contributed by atoms with Gasteiger partial charge in [0, 0.05) is 0 Å². The topological polar surface area (TPSA) is 23.9 Å². The summed E-state index contributed by atoms with van der Waals surface area (Å²) in [5, 5.41) is 5.50. The van der Waals surface area contributed by atoms with Crippen LogP contribution in [0.1, 0.15) is 53.4 Å². The first-order valence-corrected chi connectivity index (χ1v) is 5.12. The number of allylic oxidation sites excluding steroid dienone is 2. The zero-order valence-electron chi connectivity index (χ0n) is 9.54. The van der Waals surface area contributed by atoms with Crippen LogP contribution in [0.25, 0.3) is 0 Å². The predicted molar refractivity (Wildman–Crippen MR) is 60.5 cm³/mol. The molecule has 0 saturated carbocycles. The SMILES string of the molecule is C=N.CCC1=C(C)CCCC1(C)C. The van der Waals surface area contributed by atoms with Gasteiger partial charge in [0.05, 0.1) is 0 Å². The number of nitrogens with one attached hydrogen (secondary N) is 1. The largest absolute Gasteiger partial charge is 0.317 e. The standard InChI is InChI=1S/C11H20.CH3N/c1-5-10-9(2)7-6-8-11(10,3)4;1-2/h5-8H2,1-4H3;2H,1H2. The first kappa shape index (κ1) is 12.4. The first-order chi connectivity index (χ1) is 6.08. The molecule has 1 N–H and O–H groups in total. The lowest BCUT2D eigenvalue weighted by atomic mass is 9.72. The Bertz CT molecular complexity index is 189. The molecule has 0 heterocycles. The van der Waals surface area contributed by atoms with Gasteiger partial charge < -0.3 is 5.41 Å². The molecule has 1 nitrogen and oxygen atoms in total. The Morgan fingerprint density at radius 3 is 2.23 bits per heavy atom. The summed E-state index contributed by atoms with van der Waals surface area (Å²) in [6.45, 7) is 11.9. The van der Waals surface area contributed by atoms with E-state index in [9.17, 15) is 0 Å². The van der Waals surface area contributed by atoms with Gasteiger partial charge in [-0.25, -0.2) is 0 Å². The van der Waals surface area contributed by atoms with Crippen molar-refractivity contribution in [1.29, 1.82) is 5.41 Å². The van der Waals surface area contributed by atoms with E-state index in [2.05, 4.69) is 34.4 Å². The van der Waals surface area contributed by atoms with Crippen molar-refractivity contribution in [3.63, 3.8) is 0 Å². The predicted octanol–water partition coefficient (Wildman–Crippen LogP) is 4.19. The minimum Gasteiger partial charge on any atom is -0.317 e. The highest BCUT2D eigenvalue weighted by Crippen LogP contribution is 2.41. The second-order valence-corrected chi connectivity index (χ2v) is 4.35. The molecule has 0 spiro atoms. The van der Waals surface area contributed by atoms with Crippen molar-refractivity contribution in [1.82, 2.24) is 0 Å². The summed E-state index contributed by atoms with van der Waals surface area (Å²) in [6.07, 6.45) is 5.36. The maximum atomic E-state index is 5.50. The molecule has 0 aliphatic heterocycles. The molecule has 1 heteroatoms. The van der Waals surface area contributed by atoms with Gasteiger partial charge in [-0.1, -0.05) is 31.9 Å². The highest BCUT2D eigenvalue weighted by molar-refractivity contribution is 5.21. The molecular weight excluding hydrogens is 158 g/mol. The molecule has 0 radical (unpaired) electrons. The van der Waals surface area contributed by atoms with E-state index < -0.39 is 0 Å². The summed E-state index contributed by atoms with van der Waals surface area (Å²) in [5.74, 6) is 0. The molecular formula is C12H23N. The molecule has 0 aromatic rings. The van der Waals surface area contributed by atoms with Crippen LogP contribution in [0.15, 0.2) is 11.1 Å². The summed E-state index contributed by atoms with van der Waals surface area (Å²) >= 11 is 0. The van der Waals surface area contributed by atoms with Gasteiger partial charge in [0.15, 0.2) is 0 Å². The molecule has 0 amide bonds. The van der Waals surface area contributed by atoms with Gasteiger partial charge in [-0.3, -0.25) is 0 Å². The Morgan fingerprint density at radius 2 is 1.92 bits per heavy atom. The van der Waals surface area contributed by atoms with Crippen molar-refractivity contribution < 1.29 is 0 Å². The molecule has 0 aromatic carbocycles. The molecule has 1 aliphatic carbocycles. The van der Waals surface area contributed by atoms with Crippen molar-refractivity contribution in [3.05, 3.63) is 11.1 Å². The molecule has 1 rings (SSSR count). The van der Waals surface area contributed by atoms with Crippen molar-refractivity contribution in [2.75, 3.05) is 0 Å². The van der Waals surface area contributed by atoms with Crippen LogP contribution < -0.4 is 0 Å². The van der Waals surface area contributed by atoms with Gasteiger partial charge in [-0.15, -0.1) is 0 Å². The molecule has 0 atom stereocenters.